The summed E-state index contributed by atoms with van der Waals surface area (Å²) in [4.78, 5) is 14.1. The van der Waals surface area contributed by atoms with Crippen LogP contribution in [0, 0.1) is 0 Å². The van der Waals surface area contributed by atoms with Crippen LogP contribution in [0.25, 0.3) is 0 Å². The quantitative estimate of drug-likeness (QED) is 0.761. The zero-order valence-electron chi connectivity index (χ0n) is 10.2. The minimum Gasteiger partial charge on any atom is -0.335 e. The number of carbonyl (C=O) groups is 1. The van der Waals surface area contributed by atoms with Crippen molar-refractivity contribution in [1.82, 2.24) is 15.5 Å². The van der Waals surface area contributed by atoms with E-state index in [0.717, 1.165) is 32.4 Å². The van der Waals surface area contributed by atoms with Gasteiger partial charge in [-0.05, 0) is 45.2 Å². The van der Waals surface area contributed by atoms with Gasteiger partial charge >= 0.3 is 6.03 Å². The molecule has 2 N–H and O–H groups in total. The van der Waals surface area contributed by atoms with Gasteiger partial charge < -0.3 is 15.5 Å². The van der Waals surface area contributed by atoms with Gasteiger partial charge in [0.15, 0.2) is 0 Å². The first kappa shape index (κ1) is 11.7. The number of rotatable bonds is 3. The van der Waals surface area contributed by atoms with Crippen molar-refractivity contribution in [2.24, 2.45) is 0 Å². The molecule has 1 saturated heterocycles. The number of likely N-dealkylation sites (tertiary alicyclic amines) is 1. The molecule has 1 aliphatic heterocycles. The summed E-state index contributed by atoms with van der Waals surface area (Å²) in [5, 5.41) is 6.12. The Kier molecular flexibility index (Phi) is 4.04. The fourth-order valence-corrected chi connectivity index (χ4v) is 2.43. The molecule has 1 unspecified atom stereocenters. The number of urea groups is 1. The Morgan fingerprint density at radius 2 is 1.88 bits per heavy atom. The van der Waals surface area contributed by atoms with Gasteiger partial charge in [-0.25, -0.2) is 4.79 Å². The average molecular weight is 225 g/mol. The number of piperidine rings is 1. The average Bonchev–Trinajstić information content (AvgIpc) is 2.24. The summed E-state index contributed by atoms with van der Waals surface area (Å²) in [5.41, 5.74) is 0. The number of hydrogen-bond donors (Lipinski definition) is 2. The van der Waals surface area contributed by atoms with E-state index in [0.29, 0.717) is 12.1 Å². The third kappa shape index (κ3) is 3.11. The van der Waals surface area contributed by atoms with Gasteiger partial charge in [-0.15, -0.1) is 0 Å². The minimum atomic E-state index is 0.0349. The van der Waals surface area contributed by atoms with Crippen molar-refractivity contribution >= 4 is 6.03 Å². The summed E-state index contributed by atoms with van der Waals surface area (Å²) >= 11 is 0. The molecule has 16 heavy (non-hydrogen) atoms. The van der Waals surface area contributed by atoms with E-state index in [1.54, 1.807) is 0 Å². The van der Waals surface area contributed by atoms with Crippen LogP contribution >= 0.6 is 0 Å². The number of nitrogens with zero attached hydrogens (tertiary/aromatic N) is 1. The fourth-order valence-electron chi connectivity index (χ4n) is 2.43. The standard InChI is InChI=1S/C12H23N3O/c1-2-15-8-4-7-11(9-15)14-12(16)13-10-5-3-6-10/h10-11H,2-9H2,1H3,(H2,13,14,16). The summed E-state index contributed by atoms with van der Waals surface area (Å²) in [6.45, 7) is 5.45. The molecule has 0 aromatic rings. The predicted octanol–water partition coefficient (Wildman–Crippen LogP) is 1.32. The molecule has 1 atom stereocenters. The van der Waals surface area contributed by atoms with Crippen LogP contribution in [0.1, 0.15) is 39.0 Å². The third-order valence-corrected chi connectivity index (χ3v) is 3.73. The third-order valence-electron chi connectivity index (χ3n) is 3.73. The van der Waals surface area contributed by atoms with Crippen molar-refractivity contribution in [3.8, 4) is 0 Å². The highest BCUT2D eigenvalue weighted by molar-refractivity contribution is 5.74. The summed E-state index contributed by atoms with van der Waals surface area (Å²) < 4.78 is 0. The summed E-state index contributed by atoms with van der Waals surface area (Å²) in [7, 11) is 0. The molecular weight excluding hydrogens is 202 g/mol. The summed E-state index contributed by atoms with van der Waals surface area (Å²) in [6.07, 6.45) is 5.88. The Labute approximate surface area is 97.8 Å². The molecule has 2 amide bonds. The molecule has 1 aliphatic carbocycles. The molecule has 0 aromatic heterocycles. The molecule has 2 aliphatic rings. The second-order valence-electron chi connectivity index (χ2n) is 4.98. The van der Waals surface area contributed by atoms with E-state index >= 15 is 0 Å². The van der Waals surface area contributed by atoms with Crippen LogP contribution in [0.4, 0.5) is 4.79 Å². The van der Waals surface area contributed by atoms with Crippen molar-refractivity contribution in [3.63, 3.8) is 0 Å². The van der Waals surface area contributed by atoms with Crippen molar-refractivity contribution in [1.29, 1.82) is 0 Å². The van der Waals surface area contributed by atoms with E-state index in [2.05, 4.69) is 22.5 Å². The van der Waals surface area contributed by atoms with Crippen molar-refractivity contribution in [2.45, 2.75) is 51.1 Å². The molecule has 1 saturated carbocycles. The number of amides is 2. The van der Waals surface area contributed by atoms with Gasteiger partial charge in [-0.3, -0.25) is 0 Å². The number of nitrogens with one attached hydrogen (secondary N) is 2. The van der Waals surface area contributed by atoms with Gasteiger partial charge in [-0.2, -0.15) is 0 Å². The predicted molar refractivity (Wildman–Crippen MR) is 64.4 cm³/mol. The summed E-state index contributed by atoms with van der Waals surface area (Å²) in [5.74, 6) is 0. The van der Waals surface area contributed by atoms with E-state index in [9.17, 15) is 4.79 Å². The summed E-state index contributed by atoms with van der Waals surface area (Å²) in [6, 6.07) is 0.812. The van der Waals surface area contributed by atoms with Crippen LogP contribution in [-0.2, 0) is 0 Å². The maximum atomic E-state index is 11.7. The van der Waals surface area contributed by atoms with E-state index < -0.39 is 0 Å². The largest absolute Gasteiger partial charge is 0.335 e. The Hall–Kier alpha value is -0.770. The smallest absolute Gasteiger partial charge is 0.315 e. The molecule has 0 aromatic carbocycles. The topological polar surface area (TPSA) is 44.4 Å². The molecule has 2 fully saturated rings. The lowest BCUT2D eigenvalue weighted by Crippen LogP contribution is -2.53. The molecule has 4 heteroatoms. The van der Waals surface area contributed by atoms with Crippen LogP contribution in [0.15, 0.2) is 0 Å². The highest BCUT2D eigenvalue weighted by Crippen LogP contribution is 2.17. The Balaban J connectivity index is 1.68. The molecule has 0 bridgehead atoms. The molecule has 1 heterocycles. The van der Waals surface area contributed by atoms with Crippen LogP contribution in [0.5, 0.6) is 0 Å². The van der Waals surface area contributed by atoms with E-state index in [4.69, 9.17) is 0 Å². The minimum absolute atomic E-state index is 0.0349. The normalized spacial score (nSPS) is 27.2. The Morgan fingerprint density at radius 1 is 1.19 bits per heavy atom. The van der Waals surface area contributed by atoms with Gasteiger partial charge in [-0.1, -0.05) is 6.92 Å². The van der Waals surface area contributed by atoms with Gasteiger partial charge in [0.2, 0.25) is 0 Å². The molecule has 92 valence electrons. The van der Waals surface area contributed by atoms with Crippen LogP contribution in [0.2, 0.25) is 0 Å². The van der Waals surface area contributed by atoms with Crippen molar-refractivity contribution in [2.75, 3.05) is 19.6 Å². The van der Waals surface area contributed by atoms with E-state index in [1.165, 1.54) is 19.4 Å². The molecule has 4 nitrogen and oxygen atoms in total. The lowest BCUT2D eigenvalue weighted by molar-refractivity contribution is 0.188. The lowest BCUT2D eigenvalue weighted by Gasteiger charge is -2.33. The van der Waals surface area contributed by atoms with E-state index in [1.807, 2.05) is 0 Å². The first-order valence-electron chi connectivity index (χ1n) is 6.57. The van der Waals surface area contributed by atoms with Crippen LogP contribution < -0.4 is 10.6 Å². The maximum absolute atomic E-state index is 11.7. The second kappa shape index (κ2) is 5.53. The highest BCUT2D eigenvalue weighted by Gasteiger charge is 2.23. The van der Waals surface area contributed by atoms with Crippen molar-refractivity contribution < 1.29 is 4.79 Å². The monoisotopic (exact) mass is 225 g/mol. The SMILES string of the molecule is CCN1CCCC(NC(=O)NC2CCC2)C1. The van der Waals surface area contributed by atoms with Gasteiger partial charge in [0.1, 0.15) is 0 Å². The number of likely N-dealkylation sites (N-methyl/N-ethyl adjacent to an activating group) is 1. The zero-order valence-corrected chi connectivity index (χ0v) is 10.2. The second-order valence-corrected chi connectivity index (χ2v) is 4.98. The van der Waals surface area contributed by atoms with Gasteiger partial charge in [0.25, 0.3) is 0 Å². The molecular formula is C12H23N3O. The lowest BCUT2D eigenvalue weighted by atomic mass is 9.93. The van der Waals surface area contributed by atoms with Crippen molar-refractivity contribution in [3.05, 3.63) is 0 Å². The molecule has 0 radical (unpaired) electrons. The Morgan fingerprint density at radius 3 is 2.50 bits per heavy atom. The fraction of sp³-hybridized carbons (Fsp3) is 0.917. The van der Waals surface area contributed by atoms with Crippen LogP contribution in [0.3, 0.4) is 0 Å². The van der Waals surface area contributed by atoms with Crippen LogP contribution in [-0.4, -0.2) is 42.6 Å². The van der Waals surface area contributed by atoms with Gasteiger partial charge in [0.05, 0.1) is 0 Å². The number of hydrogen-bond acceptors (Lipinski definition) is 2. The molecule has 0 spiro atoms. The first-order valence-corrected chi connectivity index (χ1v) is 6.57. The first-order chi connectivity index (χ1) is 7.78. The van der Waals surface area contributed by atoms with E-state index in [-0.39, 0.29) is 6.03 Å². The Bertz CT molecular complexity index is 240. The molecule has 2 rings (SSSR count). The zero-order chi connectivity index (χ0) is 11.4. The number of carbonyl (C=O) groups excluding carboxylic acids is 1. The van der Waals surface area contributed by atoms with Gasteiger partial charge in [0, 0.05) is 18.6 Å². The maximum Gasteiger partial charge on any atom is 0.315 e. The highest BCUT2D eigenvalue weighted by atomic mass is 16.2.